The quantitative estimate of drug-likeness (QED) is 0.789. The molecule has 0 unspecified atom stereocenters. The van der Waals surface area contributed by atoms with Crippen LogP contribution < -0.4 is 0 Å². The number of carboxylic acids is 1. The van der Waals surface area contributed by atoms with Crippen LogP contribution in [0, 0.1) is 6.92 Å². The lowest BCUT2D eigenvalue weighted by Crippen LogP contribution is -1.92. The van der Waals surface area contributed by atoms with E-state index >= 15 is 0 Å². The smallest absolute Gasteiger partial charge is 0.348 e. The summed E-state index contributed by atoms with van der Waals surface area (Å²) >= 11 is 4.11. The van der Waals surface area contributed by atoms with Crippen molar-refractivity contribution in [1.82, 2.24) is 4.37 Å². The number of halogens is 1. The number of carbonyl (C=O) groups is 1. The third kappa shape index (κ3) is 1.19. The van der Waals surface area contributed by atoms with Crippen molar-refractivity contribution in [2.45, 2.75) is 6.92 Å². The molecule has 0 aliphatic rings. The van der Waals surface area contributed by atoms with Gasteiger partial charge in [-0.3, -0.25) is 0 Å². The molecular formula is C5H4BrNO2S. The van der Waals surface area contributed by atoms with E-state index in [1.54, 1.807) is 6.92 Å². The van der Waals surface area contributed by atoms with Gasteiger partial charge in [-0.2, -0.15) is 4.37 Å². The van der Waals surface area contributed by atoms with Crippen LogP contribution in [0.1, 0.15) is 15.4 Å². The van der Waals surface area contributed by atoms with E-state index in [0.717, 1.165) is 17.2 Å². The van der Waals surface area contributed by atoms with Gasteiger partial charge < -0.3 is 5.11 Å². The van der Waals surface area contributed by atoms with E-state index in [9.17, 15) is 4.79 Å². The second-order valence-electron chi connectivity index (χ2n) is 1.72. The molecule has 0 radical (unpaired) electrons. The average Bonchev–Trinajstić information content (AvgIpc) is 2.14. The molecule has 0 bridgehead atoms. The van der Waals surface area contributed by atoms with Crippen molar-refractivity contribution >= 4 is 33.4 Å². The highest BCUT2D eigenvalue weighted by atomic mass is 79.9. The average molecular weight is 222 g/mol. The lowest BCUT2D eigenvalue weighted by molar-refractivity contribution is 0.0701. The SMILES string of the molecule is Cc1nsc(C(=O)O)c1Br. The zero-order chi connectivity index (χ0) is 7.72. The largest absolute Gasteiger partial charge is 0.477 e. The summed E-state index contributed by atoms with van der Waals surface area (Å²) < 4.78 is 4.44. The molecule has 54 valence electrons. The molecule has 0 aliphatic heterocycles. The number of aromatic nitrogens is 1. The Labute approximate surface area is 70.0 Å². The molecule has 5 heteroatoms. The fourth-order valence-electron chi connectivity index (χ4n) is 0.491. The maximum atomic E-state index is 10.4. The first-order valence-electron chi connectivity index (χ1n) is 2.48. The highest BCUT2D eigenvalue weighted by Gasteiger charge is 2.13. The topological polar surface area (TPSA) is 50.2 Å². The summed E-state index contributed by atoms with van der Waals surface area (Å²) in [5.74, 6) is -0.933. The van der Waals surface area contributed by atoms with E-state index in [1.807, 2.05) is 0 Å². The van der Waals surface area contributed by atoms with E-state index in [4.69, 9.17) is 5.11 Å². The Kier molecular flexibility index (Phi) is 2.05. The predicted octanol–water partition coefficient (Wildman–Crippen LogP) is 1.91. The molecule has 0 fully saturated rings. The lowest BCUT2D eigenvalue weighted by atomic mass is 10.4. The Morgan fingerprint density at radius 2 is 2.40 bits per heavy atom. The number of aryl methyl sites for hydroxylation is 1. The van der Waals surface area contributed by atoms with Gasteiger partial charge in [0.2, 0.25) is 0 Å². The third-order valence-corrected chi connectivity index (χ3v) is 3.14. The van der Waals surface area contributed by atoms with Crippen LogP contribution in [0.5, 0.6) is 0 Å². The second-order valence-corrected chi connectivity index (χ2v) is 3.28. The number of hydrogen-bond acceptors (Lipinski definition) is 3. The first-order chi connectivity index (χ1) is 4.63. The van der Waals surface area contributed by atoms with E-state index in [0.29, 0.717) is 4.47 Å². The predicted molar refractivity (Wildman–Crippen MR) is 41.5 cm³/mol. The van der Waals surface area contributed by atoms with Gasteiger partial charge in [0.25, 0.3) is 0 Å². The fraction of sp³-hybridized carbons (Fsp3) is 0.200. The van der Waals surface area contributed by atoms with Gasteiger partial charge in [0.1, 0.15) is 4.88 Å². The molecule has 10 heavy (non-hydrogen) atoms. The van der Waals surface area contributed by atoms with Crippen LogP contribution in [-0.2, 0) is 0 Å². The van der Waals surface area contributed by atoms with Gasteiger partial charge in [-0.25, -0.2) is 4.79 Å². The molecular weight excluding hydrogens is 218 g/mol. The highest BCUT2D eigenvalue weighted by Crippen LogP contribution is 2.23. The molecule has 0 atom stereocenters. The Morgan fingerprint density at radius 1 is 1.80 bits per heavy atom. The molecule has 0 aliphatic carbocycles. The minimum Gasteiger partial charge on any atom is -0.477 e. The van der Waals surface area contributed by atoms with Gasteiger partial charge in [-0.05, 0) is 34.4 Å². The van der Waals surface area contributed by atoms with Crippen LogP contribution in [0.2, 0.25) is 0 Å². The van der Waals surface area contributed by atoms with Gasteiger partial charge in [-0.1, -0.05) is 0 Å². The highest BCUT2D eigenvalue weighted by molar-refractivity contribution is 9.10. The van der Waals surface area contributed by atoms with Gasteiger partial charge in [0.15, 0.2) is 0 Å². The van der Waals surface area contributed by atoms with Gasteiger partial charge in [-0.15, -0.1) is 0 Å². The Morgan fingerprint density at radius 3 is 2.60 bits per heavy atom. The summed E-state index contributed by atoms with van der Waals surface area (Å²) in [6.07, 6.45) is 0. The van der Waals surface area contributed by atoms with E-state index < -0.39 is 5.97 Å². The van der Waals surface area contributed by atoms with Crippen LogP contribution in [0.25, 0.3) is 0 Å². The van der Waals surface area contributed by atoms with Crippen LogP contribution in [0.3, 0.4) is 0 Å². The van der Waals surface area contributed by atoms with Gasteiger partial charge in [0, 0.05) is 0 Å². The lowest BCUT2D eigenvalue weighted by Gasteiger charge is -1.85. The van der Waals surface area contributed by atoms with Gasteiger partial charge in [0.05, 0.1) is 10.2 Å². The van der Waals surface area contributed by atoms with Crippen LogP contribution in [-0.4, -0.2) is 15.4 Å². The molecule has 1 aromatic heterocycles. The number of aromatic carboxylic acids is 1. The van der Waals surface area contributed by atoms with E-state index in [2.05, 4.69) is 20.3 Å². The van der Waals surface area contributed by atoms with Crippen LogP contribution in [0.15, 0.2) is 4.47 Å². The van der Waals surface area contributed by atoms with Crippen molar-refractivity contribution in [3.63, 3.8) is 0 Å². The maximum Gasteiger partial charge on any atom is 0.348 e. The van der Waals surface area contributed by atoms with Crippen molar-refractivity contribution in [1.29, 1.82) is 0 Å². The summed E-state index contributed by atoms with van der Waals surface area (Å²) in [4.78, 5) is 10.6. The number of hydrogen-bond donors (Lipinski definition) is 1. The molecule has 1 aromatic rings. The van der Waals surface area contributed by atoms with Crippen molar-refractivity contribution in [3.8, 4) is 0 Å². The van der Waals surface area contributed by atoms with E-state index in [1.165, 1.54) is 0 Å². The van der Waals surface area contributed by atoms with Crippen molar-refractivity contribution < 1.29 is 9.90 Å². The first kappa shape index (κ1) is 7.68. The first-order valence-corrected chi connectivity index (χ1v) is 4.04. The molecule has 0 aromatic carbocycles. The maximum absolute atomic E-state index is 10.4. The summed E-state index contributed by atoms with van der Waals surface area (Å²) in [6, 6.07) is 0. The fourth-order valence-corrected chi connectivity index (χ4v) is 1.71. The Balaban J connectivity index is 3.17. The molecule has 0 saturated carbocycles. The van der Waals surface area contributed by atoms with Gasteiger partial charge >= 0.3 is 5.97 Å². The molecule has 1 rings (SSSR count). The monoisotopic (exact) mass is 221 g/mol. The zero-order valence-corrected chi connectivity index (χ0v) is 7.49. The number of nitrogens with zero attached hydrogens (tertiary/aromatic N) is 1. The van der Waals surface area contributed by atoms with E-state index in [-0.39, 0.29) is 4.88 Å². The number of carboxylic acid groups (broad SMARTS) is 1. The second kappa shape index (κ2) is 2.67. The minimum absolute atomic E-state index is 0.262. The summed E-state index contributed by atoms with van der Waals surface area (Å²) in [6.45, 7) is 1.76. The van der Waals surface area contributed by atoms with Crippen molar-refractivity contribution in [2.24, 2.45) is 0 Å². The number of rotatable bonds is 1. The minimum atomic E-state index is -0.933. The molecule has 0 amide bonds. The standard InChI is InChI=1S/C5H4BrNO2S/c1-2-3(6)4(5(8)9)10-7-2/h1H3,(H,8,9). The Hall–Kier alpha value is -0.420. The Bertz CT molecular complexity index is 271. The molecule has 1 N–H and O–H groups in total. The van der Waals surface area contributed by atoms with Crippen LogP contribution in [0.4, 0.5) is 0 Å². The molecule has 1 heterocycles. The normalized spacial score (nSPS) is 9.80. The summed E-state index contributed by atoms with van der Waals surface area (Å²) in [5.41, 5.74) is 0.724. The summed E-state index contributed by atoms with van der Waals surface area (Å²) in [7, 11) is 0. The summed E-state index contributed by atoms with van der Waals surface area (Å²) in [5, 5.41) is 8.52. The van der Waals surface area contributed by atoms with Crippen molar-refractivity contribution in [3.05, 3.63) is 15.0 Å². The zero-order valence-electron chi connectivity index (χ0n) is 5.09. The third-order valence-electron chi connectivity index (χ3n) is 0.985. The molecule has 0 saturated heterocycles. The molecule has 3 nitrogen and oxygen atoms in total. The van der Waals surface area contributed by atoms with Crippen LogP contribution >= 0.6 is 27.5 Å². The van der Waals surface area contributed by atoms with Crippen molar-refractivity contribution in [2.75, 3.05) is 0 Å². The molecule has 0 spiro atoms.